The molecule has 1 aliphatic heterocycles. The Morgan fingerprint density at radius 1 is 0.884 bits per heavy atom. The van der Waals surface area contributed by atoms with Gasteiger partial charge in [0, 0.05) is 24.5 Å². The molecule has 238 valence electrons. The maximum atomic E-state index is 4.38. The third-order valence-corrected chi connectivity index (χ3v) is 14.2. The molecule has 0 aromatic carbocycles. The lowest BCUT2D eigenvalue weighted by atomic mass is 9.54. The average Bonchev–Trinajstić information content (AvgIpc) is 3.06. The second-order valence-electron chi connectivity index (χ2n) is 16.0. The Morgan fingerprint density at radius 3 is 2.40 bits per heavy atom. The number of nitrogens with zero attached hydrogens (tertiary/aromatic N) is 1. The molecule has 12 atom stereocenters. The Morgan fingerprint density at radius 2 is 1.60 bits per heavy atom. The van der Waals surface area contributed by atoms with E-state index in [0.29, 0.717) is 29.8 Å². The molecule has 0 N–H and O–H groups in total. The van der Waals surface area contributed by atoms with Crippen LogP contribution in [0.3, 0.4) is 0 Å². The highest BCUT2D eigenvalue weighted by atomic mass is 15.2. The van der Waals surface area contributed by atoms with Gasteiger partial charge in [-0.2, -0.15) is 0 Å². The fourth-order valence-corrected chi connectivity index (χ4v) is 12.0. The SMILES string of the molecule is C=CCC1C(C)C2CCCCC2C(C2CCCC3CCCCC32)CN(C2C=CC=C3C=CCCC32)C1CCC(C=C)CC. The van der Waals surface area contributed by atoms with Crippen molar-refractivity contribution in [2.24, 2.45) is 59.2 Å². The van der Waals surface area contributed by atoms with Gasteiger partial charge in [0.25, 0.3) is 0 Å². The Labute approximate surface area is 266 Å². The molecule has 1 saturated heterocycles. The van der Waals surface area contributed by atoms with Crippen molar-refractivity contribution in [3.63, 3.8) is 0 Å². The Hall–Kier alpha value is -1.34. The first-order chi connectivity index (χ1) is 21.1. The summed E-state index contributed by atoms with van der Waals surface area (Å²) in [5.74, 6) is 8.51. The summed E-state index contributed by atoms with van der Waals surface area (Å²) < 4.78 is 0. The van der Waals surface area contributed by atoms with Crippen molar-refractivity contribution < 1.29 is 0 Å². The zero-order valence-electron chi connectivity index (χ0n) is 28.1. The molecule has 12 unspecified atom stereocenters. The molecule has 43 heavy (non-hydrogen) atoms. The minimum atomic E-state index is 0.548. The molecule has 0 spiro atoms. The number of rotatable bonds is 9. The van der Waals surface area contributed by atoms with Crippen molar-refractivity contribution in [2.45, 2.75) is 135 Å². The van der Waals surface area contributed by atoms with Crippen LogP contribution in [-0.2, 0) is 0 Å². The number of fused-ring (bicyclic) bond motifs is 3. The maximum Gasteiger partial charge on any atom is 0.0353 e. The molecule has 3 saturated carbocycles. The van der Waals surface area contributed by atoms with Crippen LogP contribution in [0.1, 0.15) is 123 Å². The van der Waals surface area contributed by atoms with E-state index >= 15 is 0 Å². The van der Waals surface area contributed by atoms with Crippen LogP contribution in [-0.4, -0.2) is 23.5 Å². The topological polar surface area (TPSA) is 3.24 Å². The molecule has 0 aromatic rings. The molecule has 5 aliphatic carbocycles. The molecule has 1 heterocycles. The standard InChI is InChI=1S/C42H65N/c1-5-16-35-30(4)34-21-12-13-24-38(34)40(39-25-14-19-32-17-8-10-22-36(32)39)29-43(42(35)28-27-31(6-2)7-3)41-26-15-20-33-18-9-11-23-37(33)41/h5-6,9,15,18,20,26,30-32,34-42H,1-2,7-8,10-14,16-17,19,21-25,27-29H2,3-4H3. The van der Waals surface area contributed by atoms with Crippen molar-refractivity contribution in [2.75, 3.05) is 6.54 Å². The second-order valence-corrected chi connectivity index (χ2v) is 16.0. The van der Waals surface area contributed by atoms with Gasteiger partial charge in [-0.15, -0.1) is 13.2 Å². The molecule has 1 heteroatoms. The van der Waals surface area contributed by atoms with Crippen LogP contribution in [0.2, 0.25) is 0 Å². The second kappa shape index (κ2) is 14.8. The predicted molar refractivity (Wildman–Crippen MR) is 186 cm³/mol. The molecule has 6 aliphatic rings. The summed E-state index contributed by atoms with van der Waals surface area (Å²) in [7, 11) is 0. The lowest BCUT2D eigenvalue weighted by Gasteiger charge is -2.57. The average molecular weight is 584 g/mol. The van der Waals surface area contributed by atoms with Crippen LogP contribution >= 0.6 is 0 Å². The smallest absolute Gasteiger partial charge is 0.0353 e. The van der Waals surface area contributed by atoms with Crippen LogP contribution in [0.15, 0.2) is 61.3 Å². The third-order valence-electron chi connectivity index (χ3n) is 14.2. The van der Waals surface area contributed by atoms with Crippen LogP contribution in [0.4, 0.5) is 0 Å². The van der Waals surface area contributed by atoms with Crippen LogP contribution in [0.25, 0.3) is 0 Å². The van der Waals surface area contributed by atoms with Gasteiger partial charge in [0.2, 0.25) is 0 Å². The van der Waals surface area contributed by atoms with Gasteiger partial charge in [-0.05, 0) is 123 Å². The summed E-state index contributed by atoms with van der Waals surface area (Å²) in [6.07, 6.45) is 41.1. The van der Waals surface area contributed by atoms with E-state index < -0.39 is 0 Å². The van der Waals surface area contributed by atoms with Crippen molar-refractivity contribution in [3.8, 4) is 0 Å². The first-order valence-corrected chi connectivity index (χ1v) is 19.2. The van der Waals surface area contributed by atoms with Crippen molar-refractivity contribution in [3.05, 3.63) is 61.3 Å². The molecule has 4 fully saturated rings. The van der Waals surface area contributed by atoms with E-state index in [-0.39, 0.29) is 0 Å². The Bertz CT molecular complexity index is 1010. The zero-order chi connectivity index (χ0) is 29.8. The largest absolute Gasteiger partial charge is 0.293 e. The molecule has 1 nitrogen and oxygen atoms in total. The molecular formula is C42H65N. The summed E-state index contributed by atoms with van der Waals surface area (Å²) in [4.78, 5) is 3.20. The molecule has 0 radical (unpaired) electrons. The van der Waals surface area contributed by atoms with Gasteiger partial charge in [0.1, 0.15) is 0 Å². The predicted octanol–water partition coefficient (Wildman–Crippen LogP) is 11.4. The normalized spacial score (nSPS) is 42.4. The molecule has 0 aromatic heterocycles. The van der Waals surface area contributed by atoms with Crippen molar-refractivity contribution in [1.29, 1.82) is 0 Å². The fourth-order valence-electron chi connectivity index (χ4n) is 12.0. The number of hydrogen-bond donors (Lipinski definition) is 0. The first kappa shape index (κ1) is 31.6. The fraction of sp³-hybridized carbons (Fsp3) is 0.762. The van der Waals surface area contributed by atoms with Crippen LogP contribution < -0.4 is 0 Å². The van der Waals surface area contributed by atoms with Crippen LogP contribution in [0.5, 0.6) is 0 Å². The lowest BCUT2D eigenvalue weighted by Crippen LogP contribution is -2.58. The van der Waals surface area contributed by atoms with E-state index in [1.165, 1.54) is 116 Å². The summed E-state index contributed by atoms with van der Waals surface area (Å²) in [6.45, 7) is 15.1. The highest BCUT2D eigenvalue weighted by Crippen LogP contribution is 2.55. The number of likely N-dealkylation sites (tertiary alicyclic amines) is 1. The lowest BCUT2D eigenvalue weighted by molar-refractivity contribution is -0.0720. The van der Waals surface area contributed by atoms with Gasteiger partial charge in [0.05, 0.1) is 0 Å². The molecule has 0 amide bonds. The van der Waals surface area contributed by atoms with E-state index in [4.69, 9.17) is 0 Å². The van der Waals surface area contributed by atoms with E-state index in [2.05, 4.69) is 74.4 Å². The first-order valence-electron chi connectivity index (χ1n) is 19.2. The third kappa shape index (κ3) is 6.64. The van der Waals surface area contributed by atoms with Gasteiger partial charge in [0.15, 0.2) is 0 Å². The van der Waals surface area contributed by atoms with Gasteiger partial charge >= 0.3 is 0 Å². The van der Waals surface area contributed by atoms with E-state index in [0.717, 1.165) is 41.4 Å². The van der Waals surface area contributed by atoms with Crippen molar-refractivity contribution in [1.82, 2.24) is 4.90 Å². The van der Waals surface area contributed by atoms with Gasteiger partial charge in [-0.1, -0.05) is 101 Å². The van der Waals surface area contributed by atoms with E-state index in [1.807, 2.05) is 0 Å². The minimum absolute atomic E-state index is 0.548. The summed E-state index contributed by atoms with van der Waals surface area (Å²) in [5, 5.41) is 0. The molecular weight excluding hydrogens is 518 g/mol. The van der Waals surface area contributed by atoms with E-state index in [9.17, 15) is 0 Å². The summed E-state index contributed by atoms with van der Waals surface area (Å²) in [6, 6.07) is 1.18. The summed E-state index contributed by atoms with van der Waals surface area (Å²) in [5.41, 5.74) is 1.60. The van der Waals surface area contributed by atoms with Crippen molar-refractivity contribution >= 4 is 0 Å². The molecule has 0 bridgehead atoms. The Kier molecular flexibility index (Phi) is 10.9. The van der Waals surface area contributed by atoms with Gasteiger partial charge < -0.3 is 0 Å². The summed E-state index contributed by atoms with van der Waals surface area (Å²) >= 11 is 0. The molecule has 6 rings (SSSR count). The monoisotopic (exact) mass is 584 g/mol. The van der Waals surface area contributed by atoms with Crippen LogP contribution in [0, 0.1) is 59.2 Å². The zero-order valence-corrected chi connectivity index (χ0v) is 28.1. The van der Waals surface area contributed by atoms with Gasteiger partial charge in [-0.3, -0.25) is 4.90 Å². The Balaban J connectivity index is 1.43. The number of hydrogen-bond acceptors (Lipinski definition) is 1. The number of allylic oxidation sites excluding steroid dienone is 6. The quantitative estimate of drug-likeness (QED) is 0.244. The highest BCUT2D eigenvalue weighted by molar-refractivity contribution is 5.35. The van der Waals surface area contributed by atoms with Gasteiger partial charge in [-0.25, -0.2) is 0 Å². The highest BCUT2D eigenvalue weighted by Gasteiger charge is 2.50. The van der Waals surface area contributed by atoms with E-state index in [1.54, 1.807) is 5.57 Å². The minimum Gasteiger partial charge on any atom is -0.293 e. The maximum absolute atomic E-state index is 4.38.